The van der Waals surface area contributed by atoms with Crippen molar-refractivity contribution in [3.8, 4) is 6.07 Å². The molecule has 0 atom stereocenters. The maximum Gasteiger partial charge on any atom is 0.283 e. The molecule has 0 radical (unpaired) electrons. The lowest BCUT2D eigenvalue weighted by Crippen LogP contribution is -2.28. The third kappa shape index (κ3) is 3.44. The first kappa shape index (κ1) is 16.0. The van der Waals surface area contributed by atoms with Crippen molar-refractivity contribution in [1.29, 1.82) is 5.26 Å². The second-order valence-electron chi connectivity index (χ2n) is 5.93. The normalized spacial score (nSPS) is 25.3. The number of nitro groups is 1. The predicted molar refractivity (Wildman–Crippen MR) is 84.8 cm³/mol. The van der Waals surface area contributed by atoms with Crippen LogP contribution >= 0.6 is 15.9 Å². The van der Waals surface area contributed by atoms with Gasteiger partial charge in [0.05, 0.1) is 20.9 Å². The molecule has 0 unspecified atom stereocenters. The average Bonchev–Trinajstić information content (AvgIpc) is 2.50. The molecule has 1 fully saturated rings. The Balaban J connectivity index is 2.22. The Kier molecular flexibility index (Phi) is 5.00. The van der Waals surface area contributed by atoms with Crippen molar-refractivity contribution in [3.05, 3.63) is 38.3 Å². The van der Waals surface area contributed by atoms with Gasteiger partial charge in [-0.25, -0.2) is 0 Å². The molecule has 1 aliphatic rings. The minimum Gasteiger partial charge on any atom is -0.258 e. The topological polar surface area (TPSA) is 66.9 Å². The van der Waals surface area contributed by atoms with Gasteiger partial charge in [0, 0.05) is 6.07 Å². The minimum absolute atomic E-state index is 0.0721. The number of nitrogens with zero attached hydrogens (tertiary/aromatic N) is 2. The van der Waals surface area contributed by atoms with E-state index in [0.717, 1.165) is 37.2 Å². The molecular weight excluding hydrogens is 332 g/mol. The van der Waals surface area contributed by atoms with Gasteiger partial charge in [-0.2, -0.15) is 5.26 Å². The summed E-state index contributed by atoms with van der Waals surface area (Å²) in [6, 6.07) is 7.55. The van der Waals surface area contributed by atoms with Crippen molar-refractivity contribution in [1.82, 2.24) is 0 Å². The third-order valence-corrected chi connectivity index (χ3v) is 5.58. The highest BCUT2D eigenvalue weighted by Gasteiger charge is 2.36. The molecule has 1 aliphatic carbocycles. The Labute approximate surface area is 133 Å². The first-order valence-corrected chi connectivity index (χ1v) is 8.13. The van der Waals surface area contributed by atoms with Gasteiger partial charge in [-0.1, -0.05) is 25.5 Å². The van der Waals surface area contributed by atoms with Crippen LogP contribution in [0.5, 0.6) is 0 Å². The smallest absolute Gasteiger partial charge is 0.258 e. The molecule has 0 heterocycles. The van der Waals surface area contributed by atoms with Gasteiger partial charge in [0.15, 0.2) is 0 Å². The summed E-state index contributed by atoms with van der Waals surface area (Å²) in [6.45, 7) is 2.20. The standard InChI is InChI=1S/C16H19BrN2O2/c1-2-12-6-8-16(11-18,9-7-12)10-13-4-3-5-14(15(13)17)19(20)21/h3-5,12H,2,6-10H2,1H3. The lowest BCUT2D eigenvalue weighted by molar-refractivity contribution is -0.385. The second kappa shape index (κ2) is 6.57. The highest BCUT2D eigenvalue weighted by Crippen LogP contribution is 2.43. The Morgan fingerprint density at radius 1 is 1.48 bits per heavy atom. The van der Waals surface area contributed by atoms with Crippen LogP contribution in [0.2, 0.25) is 0 Å². The van der Waals surface area contributed by atoms with E-state index >= 15 is 0 Å². The molecule has 0 N–H and O–H groups in total. The number of benzene rings is 1. The van der Waals surface area contributed by atoms with Crippen LogP contribution in [0.25, 0.3) is 0 Å². The molecule has 1 aromatic carbocycles. The van der Waals surface area contributed by atoms with E-state index in [1.807, 2.05) is 6.07 Å². The van der Waals surface area contributed by atoms with Crippen LogP contribution in [-0.2, 0) is 6.42 Å². The summed E-state index contributed by atoms with van der Waals surface area (Å²) in [7, 11) is 0. The van der Waals surface area contributed by atoms with Crippen molar-refractivity contribution in [3.63, 3.8) is 0 Å². The van der Waals surface area contributed by atoms with Gasteiger partial charge < -0.3 is 0 Å². The maximum atomic E-state index is 11.0. The fourth-order valence-corrected chi connectivity index (χ4v) is 3.72. The lowest BCUT2D eigenvalue weighted by Gasteiger charge is -2.35. The van der Waals surface area contributed by atoms with Crippen LogP contribution in [0.15, 0.2) is 22.7 Å². The number of halogens is 1. The summed E-state index contributed by atoms with van der Waals surface area (Å²) in [6.07, 6.45) is 5.69. The van der Waals surface area contributed by atoms with E-state index in [4.69, 9.17) is 0 Å². The third-order valence-electron chi connectivity index (χ3n) is 4.66. The molecule has 0 aliphatic heterocycles. The zero-order valence-corrected chi connectivity index (χ0v) is 13.7. The van der Waals surface area contributed by atoms with E-state index < -0.39 is 0 Å². The van der Waals surface area contributed by atoms with Gasteiger partial charge in [-0.3, -0.25) is 10.1 Å². The number of hydrogen-bond acceptors (Lipinski definition) is 3. The zero-order chi connectivity index (χ0) is 15.5. The van der Waals surface area contributed by atoms with Crippen molar-refractivity contribution in [2.24, 2.45) is 11.3 Å². The molecular formula is C16H19BrN2O2. The molecule has 5 heteroatoms. The molecule has 0 spiro atoms. The van der Waals surface area contributed by atoms with Crippen LogP contribution in [0.4, 0.5) is 5.69 Å². The van der Waals surface area contributed by atoms with Crippen molar-refractivity contribution >= 4 is 21.6 Å². The molecule has 1 aromatic rings. The summed E-state index contributed by atoms with van der Waals surface area (Å²) < 4.78 is 0.516. The molecule has 0 bridgehead atoms. The van der Waals surface area contributed by atoms with Crippen LogP contribution in [0.3, 0.4) is 0 Å². The highest BCUT2D eigenvalue weighted by molar-refractivity contribution is 9.10. The molecule has 112 valence electrons. The Morgan fingerprint density at radius 3 is 2.67 bits per heavy atom. The Hall–Kier alpha value is -1.41. The summed E-state index contributed by atoms with van der Waals surface area (Å²) >= 11 is 3.34. The molecule has 0 aromatic heterocycles. The molecule has 2 rings (SSSR count). The van der Waals surface area contributed by atoms with Gasteiger partial charge in [-0.15, -0.1) is 0 Å². The highest BCUT2D eigenvalue weighted by atomic mass is 79.9. The minimum atomic E-state index is -0.388. The number of hydrogen-bond donors (Lipinski definition) is 0. The monoisotopic (exact) mass is 350 g/mol. The second-order valence-corrected chi connectivity index (χ2v) is 6.72. The number of nitro benzene ring substituents is 1. The summed E-state index contributed by atoms with van der Waals surface area (Å²) in [5.41, 5.74) is 0.562. The predicted octanol–water partition coefficient (Wildman–Crippen LogP) is 5.01. The van der Waals surface area contributed by atoms with Crippen LogP contribution in [-0.4, -0.2) is 4.92 Å². The molecule has 0 amide bonds. The van der Waals surface area contributed by atoms with E-state index in [2.05, 4.69) is 28.9 Å². The fourth-order valence-electron chi connectivity index (χ4n) is 3.17. The van der Waals surface area contributed by atoms with Gasteiger partial charge in [-0.05, 0) is 59.5 Å². The largest absolute Gasteiger partial charge is 0.283 e. The molecule has 21 heavy (non-hydrogen) atoms. The van der Waals surface area contributed by atoms with Gasteiger partial charge in [0.1, 0.15) is 0 Å². The SMILES string of the molecule is CCC1CCC(C#N)(Cc2cccc([N+](=O)[O-])c2Br)CC1. The van der Waals surface area contributed by atoms with Crippen LogP contribution in [0.1, 0.15) is 44.6 Å². The van der Waals surface area contributed by atoms with E-state index in [0.29, 0.717) is 10.9 Å². The van der Waals surface area contributed by atoms with Crippen molar-refractivity contribution < 1.29 is 4.92 Å². The van der Waals surface area contributed by atoms with Gasteiger partial charge >= 0.3 is 0 Å². The van der Waals surface area contributed by atoms with Crippen molar-refractivity contribution in [2.45, 2.75) is 45.4 Å². The quantitative estimate of drug-likeness (QED) is 0.566. The van der Waals surface area contributed by atoms with Gasteiger partial charge in [0.2, 0.25) is 0 Å². The maximum absolute atomic E-state index is 11.0. The fraction of sp³-hybridized carbons (Fsp3) is 0.562. The Bertz CT molecular complexity index is 572. The average molecular weight is 351 g/mol. The number of nitriles is 1. The van der Waals surface area contributed by atoms with E-state index in [1.165, 1.54) is 12.5 Å². The first-order valence-electron chi connectivity index (χ1n) is 7.34. The van der Waals surface area contributed by atoms with Crippen LogP contribution < -0.4 is 0 Å². The molecule has 0 saturated heterocycles. The summed E-state index contributed by atoms with van der Waals surface area (Å²) in [4.78, 5) is 10.6. The lowest BCUT2D eigenvalue weighted by atomic mass is 9.68. The first-order chi connectivity index (χ1) is 10.0. The summed E-state index contributed by atoms with van der Waals surface area (Å²) in [5.74, 6) is 0.722. The van der Waals surface area contributed by atoms with E-state index in [9.17, 15) is 15.4 Å². The Morgan fingerprint density at radius 2 is 2.14 bits per heavy atom. The van der Waals surface area contributed by atoms with E-state index in [-0.39, 0.29) is 16.0 Å². The zero-order valence-electron chi connectivity index (χ0n) is 12.1. The number of rotatable bonds is 4. The van der Waals surface area contributed by atoms with Crippen molar-refractivity contribution in [2.75, 3.05) is 0 Å². The van der Waals surface area contributed by atoms with Gasteiger partial charge in [0.25, 0.3) is 5.69 Å². The molecule has 4 nitrogen and oxygen atoms in total. The van der Waals surface area contributed by atoms with Crippen LogP contribution in [0, 0.1) is 32.8 Å². The molecule has 1 saturated carbocycles. The summed E-state index contributed by atoms with van der Waals surface area (Å²) in [5, 5.41) is 20.6. The van der Waals surface area contributed by atoms with E-state index in [1.54, 1.807) is 6.07 Å².